The van der Waals surface area contributed by atoms with E-state index in [1.165, 1.54) is 35.1 Å². The average molecular weight is 438 g/mol. The molecule has 1 atom stereocenters. The predicted octanol–water partition coefficient (Wildman–Crippen LogP) is 2.40. The maximum atomic E-state index is 13.4. The van der Waals surface area contributed by atoms with Gasteiger partial charge in [-0.1, -0.05) is 11.6 Å². The van der Waals surface area contributed by atoms with E-state index in [1.807, 2.05) is 0 Å². The van der Waals surface area contributed by atoms with Crippen LogP contribution in [0.3, 0.4) is 0 Å². The molecule has 1 unspecified atom stereocenters. The Hall–Kier alpha value is -2.63. The van der Waals surface area contributed by atoms with Crippen molar-refractivity contribution in [1.82, 2.24) is 24.2 Å². The molecule has 0 aliphatic carbocycles. The number of nitrogens with zero attached hydrogens (tertiary/aromatic N) is 5. The van der Waals surface area contributed by atoms with Crippen molar-refractivity contribution < 1.29 is 12.8 Å². The minimum absolute atomic E-state index is 0.0120. The van der Waals surface area contributed by atoms with Crippen LogP contribution in [0.2, 0.25) is 5.02 Å². The van der Waals surface area contributed by atoms with E-state index in [4.69, 9.17) is 11.6 Å². The van der Waals surface area contributed by atoms with E-state index in [0.717, 1.165) is 0 Å². The highest BCUT2D eigenvalue weighted by molar-refractivity contribution is 7.88. The lowest BCUT2D eigenvalue weighted by Gasteiger charge is -2.15. The third kappa shape index (κ3) is 4.36. The molecule has 0 radical (unpaired) electrons. The second-order valence-corrected chi connectivity index (χ2v) is 9.04. The Labute approximate surface area is 171 Å². The number of hydrogen-bond acceptors (Lipinski definition) is 8. The monoisotopic (exact) mass is 437 g/mol. The van der Waals surface area contributed by atoms with Crippen LogP contribution in [-0.4, -0.2) is 58.0 Å². The van der Waals surface area contributed by atoms with E-state index in [0.29, 0.717) is 48.0 Å². The van der Waals surface area contributed by atoms with Crippen LogP contribution in [0.15, 0.2) is 30.7 Å². The van der Waals surface area contributed by atoms with Crippen LogP contribution < -0.4 is 10.6 Å². The molecule has 1 fully saturated rings. The van der Waals surface area contributed by atoms with E-state index in [2.05, 4.69) is 30.6 Å². The van der Waals surface area contributed by atoms with Gasteiger partial charge in [0.2, 0.25) is 16.0 Å². The lowest BCUT2D eigenvalue weighted by Crippen LogP contribution is -2.31. The quantitative estimate of drug-likeness (QED) is 0.625. The summed E-state index contributed by atoms with van der Waals surface area (Å²) in [6.07, 6.45) is 4.77. The maximum absolute atomic E-state index is 13.4. The van der Waals surface area contributed by atoms with E-state index >= 15 is 0 Å². The largest absolute Gasteiger partial charge is 0.350 e. The second-order valence-electron chi connectivity index (χ2n) is 6.65. The van der Waals surface area contributed by atoms with Crippen LogP contribution in [0.25, 0.3) is 11.0 Å². The number of fused-ring (bicyclic) bond motifs is 1. The number of aromatic nitrogens is 4. The highest BCUT2D eigenvalue weighted by atomic mass is 35.5. The molecule has 2 N–H and O–H groups in total. The highest BCUT2D eigenvalue weighted by Crippen LogP contribution is 2.25. The molecule has 29 heavy (non-hydrogen) atoms. The minimum atomic E-state index is -3.23. The van der Waals surface area contributed by atoms with Gasteiger partial charge >= 0.3 is 0 Å². The van der Waals surface area contributed by atoms with Gasteiger partial charge in [-0.05, 0) is 24.6 Å². The molecule has 0 saturated carbocycles. The van der Waals surface area contributed by atoms with Gasteiger partial charge in [-0.25, -0.2) is 37.0 Å². The Morgan fingerprint density at radius 1 is 1.28 bits per heavy atom. The molecule has 12 heteroatoms. The first-order valence-electron chi connectivity index (χ1n) is 8.71. The van der Waals surface area contributed by atoms with Gasteiger partial charge < -0.3 is 10.6 Å². The Morgan fingerprint density at radius 2 is 2.10 bits per heavy atom. The van der Waals surface area contributed by atoms with Crippen molar-refractivity contribution >= 4 is 50.1 Å². The van der Waals surface area contributed by atoms with Crippen molar-refractivity contribution in [3.63, 3.8) is 0 Å². The molecule has 9 nitrogen and oxygen atoms in total. The van der Waals surface area contributed by atoms with E-state index in [9.17, 15) is 12.8 Å². The van der Waals surface area contributed by atoms with Gasteiger partial charge in [-0.15, -0.1) is 0 Å². The Bertz CT molecular complexity index is 1180. The molecule has 1 aliphatic rings. The zero-order valence-corrected chi connectivity index (χ0v) is 16.9. The number of anilines is 3. The number of rotatable bonds is 5. The van der Waals surface area contributed by atoms with Gasteiger partial charge in [0, 0.05) is 24.8 Å². The molecule has 1 aliphatic heterocycles. The fourth-order valence-corrected chi connectivity index (χ4v) is 4.12. The van der Waals surface area contributed by atoms with Gasteiger partial charge in [-0.2, -0.15) is 0 Å². The van der Waals surface area contributed by atoms with Crippen molar-refractivity contribution in [2.24, 2.45) is 0 Å². The van der Waals surface area contributed by atoms with Gasteiger partial charge in [0.15, 0.2) is 5.82 Å². The lowest BCUT2D eigenvalue weighted by molar-refractivity contribution is 0.480. The van der Waals surface area contributed by atoms with Crippen LogP contribution in [0.4, 0.5) is 21.8 Å². The Morgan fingerprint density at radius 3 is 2.83 bits per heavy atom. The SMILES string of the molecule is CS(=O)(=O)N1CCC(Nc2ncc3ncnc(Nc4ccc(F)c(Cl)c4)c3n2)C1. The summed E-state index contributed by atoms with van der Waals surface area (Å²) < 4.78 is 38.2. The van der Waals surface area contributed by atoms with Gasteiger partial charge in [-0.3, -0.25) is 0 Å². The molecular weight excluding hydrogens is 421 g/mol. The third-order valence-corrected chi connectivity index (χ3v) is 6.07. The van der Waals surface area contributed by atoms with Gasteiger partial charge in [0.05, 0.1) is 17.5 Å². The molecule has 0 amide bonds. The summed E-state index contributed by atoms with van der Waals surface area (Å²) in [5, 5.41) is 6.20. The maximum Gasteiger partial charge on any atom is 0.223 e. The Kier molecular flexibility index (Phi) is 5.19. The summed E-state index contributed by atoms with van der Waals surface area (Å²) in [6, 6.07) is 4.14. The van der Waals surface area contributed by atoms with E-state index < -0.39 is 15.8 Å². The zero-order chi connectivity index (χ0) is 20.6. The molecule has 1 aromatic carbocycles. The highest BCUT2D eigenvalue weighted by Gasteiger charge is 2.29. The standard InChI is InChI=1S/C17H17ClFN7O2S/c1-29(27,28)26-5-4-11(8-26)24-17-20-7-14-15(25-17)16(22-9-21-14)23-10-2-3-13(19)12(18)6-10/h2-3,6-7,9,11H,4-5,8H2,1H3,(H,20,24,25)(H,21,22,23). The van der Waals surface area contributed by atoms with Crippen LogP contribution in [0.1, 0.15) is 6.42 Å². The smallest absolute Gasteiger partial charge is 0.223 e. The number of sulfonamides is 1. The van der Waals surface area contributed by atoms with E-state index in [-0.39, 0.29) is 11.1 Å². The number of benzene rings is 1. The van der Waals surface area contributed by atoms with Gasteiger partial charge in [0.25, 0.3) is 0 Å². The summed E-state index contributed by atoms with van der Waals surface area (Å²) >= 11 is 5.83. The molecule has 3 aromatic rings. The number of halogens is 2. The molecule has 1 saturated heterocycles. The first-order valence-corrected chi connectivity index (χ1v) is 10.9. The lowest BCUT2D eigenvalue weighted by atomic mass is 10.3. The summed E-state index contributed by atoms with van der Waals surface area (Å²) in [7, 11) is -3.23. The molecule has 3 heterocycles. The topological polar surface area (TPSA) is 113 Å². The second kappa shape index (κ2) is 7.65. The van der Waals surface area contributed by atoms with E-state index in [1.54, 1.807) is 6.20 Å². The molecule has 0 spiro atoms. The van der Waals surface area contributed by atoms with Gasteiger partial charge in [0.1, 0.15) is 23.2 Å². The van der Waals surface area contributed by atoms with Crippen molar-refractivity contribution in [1.29, 1.82) is 0 Å². The van der Waals surface area contributed by atoms with Crippen molar-refractivity contribution in [3.05, 3.63) is 41.6 Å². The molecule has 4 rings (SSSR count). The van der Waals surface area contributed by atoms with Crippen LogP contribution >= 0.6 is 11.6 Å². The summed E-state index contributed by atoms with van der Waals surface area (Å²) in [4.78, 5) is 17.1. The first-order chi connectivity index (χ1) is 13.8. The fourth-order valence-electron chi connectivity index (χ4n) is 3.06. The molecular formula is C17H17ClFN7O2S. The number of hydrogen-bond donors (Lipinski definition) is 2. The zero-order valence-electron chi connectivity index (χ0n) is 15.3. The summed E-state index contributed by atoms with van der Waals surface area (Å²) in [5.74, 6) is 0.235. The minimum Gasteiger partial charge on any atom is -0.350 e. The third-order valence-electron chi connectivity index (χ3n) is 4.51. The number of nitrogens with one attached hydrogen (secondary N) is 2. The van der Waals surface area contributed by atoms with Crippen molar-refractivity contribution in [3.8, 4) is 0 Å². The van der Waals surface area contributed by atoms with Crippen LogP contribution in [0, 0.1) is 5.82 Å². The predicted molar refractivity (Wildman–Crippen MR) is 108 cm³/mol. The Balaban J connectivity index is 1.58. The normalized spacial score (nSPS) is 17.6. The van der Waals surface area contributed by atoms with Crippen molar-refractivity contribution in [2.45, 2.75) is 12.5 Å². The van der Waals surface area contributed by atoms with Crippen molar-refractivity contribution in [2.75, 3.05) is 30.0 Å². The molecule has 2 aromatic heterocycles. The average Bonchev–Trinajstić information content (AvgIpc) is 3.14. The van der Waals surface area contributed by atoms with Crippen LogP contribution in [-0.2, 0) is 10.0 Å². The molecule has 0 bridgehead atoms. The first kappa shape index (κ1) is 19.7. The summed E-state index contributed by atoms with van der Waals surface area (Å²) in [6.45, 7) is 0.802. The van der Waals surface area contributed by atoms with Crippen LogP contribution in [0.5, 0.6) is 0 Å². The molecule has 152 valence electrons. The fraction of sp³-hybridized carbons (Fsp3) is 0.294. The summed E-state index contributed by atoms with van der Waals surface area (Å²) in [5.41, 5.74) is 1.53.